The van der Waals surface area contributed by atoms with Crippen molar-refractivity contribution < 1.29 is 8.78 Å². The Hall–Kier alpha value is -1.95. The van der Waals surface area contributed by atoms with E-state index in [1.807, 2.05) is 0 Å². The van der Waals surface area contributed by atoms with Gasteiger partial charge in [-0.05, 0) is 19.1 Å². The number of hydrogen-bond donors (Lipinski definition) is 0. The maximum absolute atomic E-state index is 14.1. The summed E-state index contributed by atoms with van der Waals surface area (Å²) in [4.78, 5) is 4.36. The molecule has 3 rings (SSSR count). The maximum atomic E-state index is 14.1. The number of nitrogens with zero attached hydrogens (tertiary/aromatic N) is 4. The Morgan fingerprint density at radius 1 is 1.30 bits per heavy atom. The number of halogens is 3. The van der Waals surface area contributed by atoms with E-state index >= 15 is 0 Å². The van der Waals surface area contributed by atoms with Gasteiger partial charge in [0.1, 0.15) is 11.3 Å². The van der Waals surface area contributed by atoms with Crippen LogP contribution in [0.4, 0.5) is 8.78 Å². The molecule has 0 aliphatic heterocycles. The van der Waals surface area contributed by atoms with Crippen molar-refractivity contribution in [1.29, 1.82) is 0 Å². The van der Waals surface area contributed by atoms with Crippen molar-refractivity contribution >= 4 is 22.8 Å². The number of imidazole rings is 1. The molecule has 0 amide bonds. The average Bonchev–Trinajstić information content (AvgIpc) is 2.92. The molecule has 1 aromatic carbocycles. The first-order valence-electron chi connectivity index (χ1n) is 5.96. The van der Waals surface area contributed by atoms with Gasteiger partial charge in [-0.1, -0.05) is 6.07 Å². The first-order chi connectivity index (χ1) is 9.54. The molecular weight excluding hydrogens is 286 g/mol. The minimum Gasteiger partial charge on any atom is -0.277 e. The molecule has 0 saturated heterocycles. The van der Waals surface area contributed by atoms with Gasteiger partial charge in [0.05, 0.1) is 17.3 Å². The molecule has 0 radical (unpaired) electrons. The van der Waals surface area contributed by atoms with Crippen LogP contribution < -0.4 is 0 Å². The van der Waals surface area contributed by atoms with E-state index < -0.39 is 11.6 Å². The number of benzene rings is 1. The maximum Gasteiger partial charge on any atom is 0.182 e. The largest absolute Gasteiger partial charge is 0.277 e. The highest BCUT2D eigenvalue weighted by Crippen LogP contribution is 2.26. The lowest BCUT2D eigenvalue weighted by atomic mass is 10.3. The van der Waals surface area contributed by atoms with Gasteiger partial charge < -0.3 is 0 Å². The van der Waals surface area contributed by atoms with Crippen LogP contribution in [-0.4, -0.2) is 19.3 Å². The Kier molecular flexibility index (Phi) is 2.97. The van der Waals surface area contributed by atoms with Crippen molar-refractivity contribution in [3.05, 3.63) is 41.4 Å². The number of aryl methyl sites for hydroxylation is 2. The summed E-state index contributed by atoms with van der Waals surface area (Å²) in [5.74, 6) is -1.31. The summed E-state index contributed by atoms with van der Waals surface area (Å²) in [5, 5.41) is 4.24. The zero-order chi connectivity index (χ0) is 14.4. The van der Waals surface area contributed by atoms with Gasteiger partial charge in [0, 0.05) is 7.05 Å². The lowest BCUT2D eigenvalue weighted by molar-refractivity contribution is 0.504. The van der Waals surface area contributed by atoms with Gasteiger partial charge in [0.25, 0.3) is 0 Å². The Morgan fingerprint density at radius 3 is 2.75 bits per heavy atom. The van der Waals surface area contributed by atoms with Gasteiger partial charge in [-0.25, -0.2) is 18.4 Å². The molecule has 0 fully saturated rings. The minimum absolute atomic E-state index is 0.0751. The van der Waals surface area contributed by atoms with Crippen molar-refractivity contribution in [2.75, 3.05) is 0 Å². The molecule has 0 N–H and O–H groups in total. The number of alkyl halides is 1. The predicted molar refractivity (Wildman–Crippen MR) is 72.0 cm³/mol. The molecular formula is C13H11ClF2N4. The van der Waals surface area contributed by atoms with Crippen LogP contribution in [0.5, 0.6) is 0 Å². The summed E-state index contributed by atoms with van der Waals surface area (Å²) in [6.07, 6.45) is 0. The summed E-state index contributed by atoms with van der Waals surface area (Å²) in [6, 6.07) is 4.00. The van der Waals surface area contributed by atoms with Crippen molar-refractivity contribution in [2.45, 2.75) is 12.8 Å². The number of hydrogen-bond acceptors (Lipinski definition) is 2. The normalized spacial score (nSPS) is 11.4. The van der Waals surface area contributed by atoms with E-state index in [0.29, 0.717) is 22.7 Å². The molecule has 104 valence electrons. The molecule has 0 aliphatic rings. The van der Waals surface area contributed by atoms with E-state index in [2.05, 4.69) is 10.1 Å². The molecule has 20 heavy (non-hydrogen) atoms. The summed E-state index contributed by atoms with van der Waals surface area (Å²) in [5.41, 5.74) is 2.00. The van der Waals surface area contributed by atoms with Crippen molar-refractivity contribution in [3.63, 3.8) is 0 Å². The van der Waals surface area contributed by atoms with Crippen LogP contribution in [-0.2, 0) is 12.9 Å². The smallest absolute Gasteiger partial charge is 0.182 e. The van der Waals surface area contributed by atoms with Gasteiger partial charge in [-0.3, -0.25) is 4.57 Å². The summed E-state index contributed by atoms with van der Waals surface area (Å²) in [6.45, 7) is 1.81. The van der Waals surface area contributed by atoms with E-state index in [4.69, 9.17) is 11.6 Å². The lowest BCUT2D eigenvalue weighted by Crippen LogP contribution is -2.07. The van der Waals surface area contributed by atoms with E-state index in [1.165, 1.54) is 16.7 Å². The molecule has 2 aromatic heterocycles. The van der Waals surface area contributed by atoms with Crippen molar-refractivity contribution in [3.8, 4) is 5.69 Å². The van der Waals surface area contributed by atoms with Gasteiger partial charge in [0.2, 0.25) is 0 Å². The van der Waals surface area contributed by atoms with Crippen LogP contribution in [0.1, 0.15) is 11.5 Å². The number of aromatic nitrogens is 4. The molecule has 0 bridgehead atoms. The summed E-state index contributed by atoms with van der Waals surface area (Å²) >= 11 is 5.88. The summed E-state index contributed by atoms with van der Waals surface area (Å²) in [7, 11) is 1.72. The van der Waals surface area contributed by atoms with Crippen molar-refractivity contribution in [2.24, 2.45) is 7.05 Å². The molecule has 0 spiro atoms. The average molecular weight is 297 g/mol. The minimum atomic E-state index is -0.933. The molecule has 0 unspecified atom stereocenters. The molecule has 2 heterocycles. The zero-order valence-electron chi connectivity index (χ0n) is 10.9. The SMILES string of the molecule is Cc1nn(C)c2c1nc(CCl)n2-c1cccc(F)c1F. The van der Waals surface area contributed by atoms with Gasteiger partial charge in [-0.15, -0.1) is 11.6 Å². The molecule has 0 aliphatic carbocycles. The third kappa shape index (κ3) is 1.71. The summed E-state index contributed by atoms with van der Waals surface area (Å²) < 4.78 is 30.6. The number of rotatable bonds is 2. The second-order valence-electron chi connectivity index (χ2n) is 4.45. The standard InChI is InChI=1S/C13H11ClF2N4/c1-7-12-13(19(2)18-7)20(10(6-14)17-12)9-5-3-4-8(15)11(9)16/h3-5H,6H2,1-2H3. The van der Waals surface area contributed by atoms with Gasteiger partial charge in [-0.2, -0.15) is 5.10 Å². The quantitative estimate of drug-likeness (QED) is 0.681. The molecule has 3 aromatic rings. The fourth-order valence-electron chi connectivity index (χ4n) is 2.33. The second kappa shape index (κ2) is 4.56. The lowest BCUT2D eigenvalue weighted by Gasteiger charge is -2.09. The fourth-order valence-corrected chi connectivity index (χ4v) is 2.50. The topological polar surface area (TPSA) is 35.6 Å². The predicted octanol–water partition coefficient (Wildman–Crippen LogP) is 3.08. The highest BCUT2D eigenvalue weighted by molar-refractivity contribution is 6.17. The van der Waals surface area contributed by atoms with Crippen LogP contribution in [0.25, 0.3) is 16.9 Å². The van der Waals surface area contributed by atoms with Gasteiger partial charge >= 0.3 is 0 Å². The third-order valence-electron chi connectivity index (χ3n) is 3.16. The first-order valence-corrected chi connectivity index (χ1v) is 6.49. The monoisotopic (exact) mass is 296 g/mol. The van der Waals surface area contributed by atoms with E-state index in [1.54, 1.807) is 18.7 Å². The first kappa shape index (κ1) is 13.1. The molecule has 4 nitrogen and oxygen atoms in total. The van der Waals surface area contributed by atoms with Crippen LogP contribution in [0.3, 0.4) is 0 Å². The molecule has 0 saturated carbocycles. The molecule has 7 heteroatoms. The highest BCUT2D eigenvalue weighted by atomic mass is 35.5. The van der Waals surface area contributed by atoms with Crippen LogP contribution in [0.2, 0.25) is 0 Å². The van der Waals surface area contributed by atoms with Crippen LogP contribution in [0, 0.1) is 18.6 Å². The zero-order valence-corrected chi connectivity index (χ0v) is 11.6. The van der Waals surface area contributed by atoms with E-state index in [9.17, 15) is 8.78 Å². The molecule has 0 atom stereocenters. The Balaban J connectivity index is 2.43. The van der Waals surface area contributed by atoms with E-state index in [0.717, 1.165) is 6.07 Å². The fraction of sp³-hybridized carbons (Fsp3) is 0.231. The Morgan fingerprint density at radius 2 is 2.05 bits per heavy atom. The third-order valence-corrected chi connectivity index (χ3v) is 3.40. The van der Waals surface area contributed by atoms with Gasteiger partial charge in [0.15, 0.2) is 17.3 Å². The Bertz CT molecular complexity index is 806. The van der Waals surface area contributed by atoms with Crippen LogP contribution >= 0.6 is 11.6 Å². The van der Waals surface area contributed by atoms with E-state index in [-0.39, 0.29) is 11.6 Å². The highest BCUT2D eigenvalue weighted by Gasteiger charge is 2.21. The second-order valence-corrected chi connectivity index (χ2v) is 4.72. The van der Waals surface area contributed by atoms with Crippen molar-refractivity contribution in [1.82, 2.24) is 19.3 Å². The van der Waals surface area contributed by atoms with Crippen LogP contribution in [0.15, 0.2) is 18.2 Å². The Labute approximate surface area is 118 Å². The number of fused-ring (bicyclic) bond motifs is 1.